The average Bonchev–Trinajstić information content (AvgIpc) is 2.86. The molecule has 0 saturated carbocycles. The second-order valence-corrected chi connectivity index (χ2v) is 5.46. The van der Waals surface area contributed by atoms with Crippen LogP contribution in [0.1, 0.15) is 0 Å². The SMILES string of the molecule is NC(=S)N=Nc1c(O)n(CCOc2ccccc2)c2ccccc12. The van der Waals surface area contributed by atoms with Crippen LogP contribution in [-0.4, -0.2) is 21.4 Å². The van der Waals surface area contributed by atoms with Crippen LogP contribution < -0.4 is 10.5 Å². The van der Waals surface area contributed by atoms with Crippen molar-refractivity contribution in [1.82, 2.24) is 4.57 Å². The lowest BCUT2D eigenvalue weighted by Gasteiger charge is -2.09. The highest BCUT2D eigenvalue weighted by atomic mass is 32.1. The molecule has 0 amide bonds. The molecule has 0 unspecified atom stereocenters. The molecule has 1 heterocycles. The number of hydrogen-bond acceptors (Lipinski definition) is 4. The van der Waals surface area contributed by atoms with Gasteiger partial charge < -0.3 is 20.1 Å². The van der Waals surface area contributed by atoms with E-state index in [0.717, 1.165) is 16.7 Å². The molecule has 0 atom stereocenters. The molecule has 0 bridgehead atoms. The normalized spacial score (nSPS) is 11.2. The first-order valence-electron chi connectivity index (χ1n) is 7.36. The summed E-state index contributed by atoms with van der Waals surface area (Å²) in [7, 11) is 0. The summed E-state index contributed by atoms with van der Waals surface area (Å²) in [5.41, 5.74) is 6.53. The van der Waals surface area contributed by atoms with E-state index in [1.807, 2.05) is 54.6 Å². The highest BCUT2D eigenvalue weighted by Gasteiger charge is 2.16. The second-order valence-electron chi connectivity index (χ2n) is 5.04. The van der Waals surface area contributed by atoms with Gasteiger partial charge in [0.15, 0.2) is 5.69 Å². The third kappa shape index (κ3) is 3.36. The number of ether oxygens (including phenoxy) is 1. The highest BCUT2D eigenvalue weighted by Crippen LogP contribution is 2.38. The van der Waals surface area contributed by atoms with Crippen molar-refractivity contribution in [1.29, 1.82) is 0 Å². The fourth-order valence-electron chi connectivity index (χ4n) is 2.47. The number of thiocarbonyl (C=S) groups is 1. The van der Waals surface area contributed by atoms with Gasteiger partial charge in [-0.2, -0.15) is 0 Å². The van der Waals surface area contributed by atoms with Crippen molar-refractivity contribution in [3.8, 4) is 11.6 Å². The third-order valence-corrected chi connectivity index (χ3v) is 3.57. The standard InChI is InChI=1S/C17H16N4O2S/c18-17(24)20-19-15-13-8-4-5-9-14(13)21(16(15)22)10-11-23-12-6-2-1-3-7-12/h1-9,22H,10-11H2,(H2,18,24). The Labute approximate surface area is 144 Å². The predicted octanol–water partition coefficient (Wildman–Crippen LogP) is 3.75. The van der Waals surface area contributed by atoms with Crippen molar-refractivity contribution in [3.63, 3.8) is 0 Å². The first-order chi connectivity index (χ1) is 11.7. The van der Waals surface area contributed by atoms with Crippen molar-refractivity contribution in [3.05, 3.63) is 54.6 Å². The lowest BCUT2D eigenvalue weighted by Crippen LogP contribution is -2.07. The molecule has 1 aromatic heterocycles. The predicted molar refractivity (Wildman–Crippen MR) is 96.8 cm³/mol. The van der Waals surface area contributed by atoms with Crippen LogP contribution in [0.15, 0.2) is 64.8 Å². The van der Waals surface area contributed by atoms with Gasteiger partial charge in [0.1, 0.15) is 12.4 Å². The maximum Gasteiger partial charge on any atom is 0.220 e. The van der Waals surface area contributed by atoms with Crippen molar-refractivity contribution < 1.29 is 9.84 Å². The van der Waals surface area contributed by atoms with Crippen LogP contribution in [-0.2, 0) is 6.54 Å². The lowest BCUT2D eigenvalue weighted by molar-refractivity contribution is 0.290. The van der Waals surface area contributed by atoms with Crippen LogP contribution in [0.2, 0.25) is 0 Å². The van der Waals surface area contributed by atoms with Gasteiger partial charge in [0.25, 0.3) is 0 Å². The molecular formula is C17H16N4O2S. The van der Waals surface area contributed by atoms with Crippen LogP contribution >= 0.6 is 12.2 Å². The molecule has 7 heteroatoms. The number of hydrogen-bond donors (Lipinski definition) is 2. The number of rotatable bonds is 5. The van der Waals surface area contributed by atoms with E-state index in [-0.39, 0.29) is 11.0 Å². The smallest absolute Gasteiger partial charge is 0.220 e. The number of para-hydroxylation sites is 2. The molecule has 0 fully saturated rings. The number of aromatic hydroxyl groups is 1. The van der Waals surface area contributed by atoms with Crippen molar-refractivity contribution >= 4 is 33.9 Å². The zero-order chi connectivity index (χ0) is 16.9. The molecule has 3 aromatic rings. The Hall–Kier alpha value is -2.93. The summed E-state index contributed by atoms with van der Waals surface area (Å²) in [5, 5.41) is 18.8. The van der Waals surface area contributed by atoms with Gasteiger partial charge in [0, 0.05) is 5.39 Å². The van der Waals surface area contributed by atoms with Crippen LogP contribution in [0.4, 0.5) is 5.69 Å². The largest absolute Gasteiger partial charge is 0.493 e. The minimum Gasteiger partial charge on any atom is -0.493 e. The molecule has 3 rings (SSSR count). The quantitative estimate of drug-likeness (QED) is 0.547. The first kappa shape index (κ1) is 15.9. The molecular weight excluding hydrogens is 324 g/mol. The Morgan fingerprint density at radius 2 is 1.83 bits per heavy atom. The molecule has 24 heavy (non-hydrogen) atoms. The monoisotopic (exact) mass is 340 g/mol. The Kier molecular flexibility index (Phi) is 4.72. The minimum absolute atomic E-state index is 0.00728. The van der Waals surface area contributed by atoms with Gasteiger partial charge >= 0.3 is 0 Å². The minimum atomic E-state index is -0.0846. The number of azo groups is 1. The molecule has 122 valence electrons. The second kappa shape index (κ2) is 7.10. The van der Waals surface area contributed by atoms with E-state index in [1.54, 1.807) is 4.57 Å². The van der Waals surface area contributed by atoms with Crippen molar-refractivity contribution in [2.45, 2.75) is 6.54 Å². The molecule has 0 aliphatic heterocycles. The van der Waals surface area contributed by atoms with Crippen LogP contribution in [0.5, 0.6) is 11.6 Å². The maximum absolute atomic E-state index is 10.5. The molecule has 0 aliphatic carbocycles. The van der Waals surface area contributed by atoms with Gasteiger partial charge in [-0.15, -0.1) is 10.2 Å². The Balaban J connectivity index is 1.87. The Bertz CT molecular complexity index is 890. The van der Waals surface area contributed by atoms with E-state index < -0.39 is 0 Å². The van der Waals surface area contributed by atoms with E-state index in [2.05, 4.69) is 10.2 Å². The molecule has 6 nitrogen and oxygen atoms in total. The highest BCUT2D eigenvalue weighted by molar-refractivity contribution is 7.80. The zero-order valence-corrected chi connectivity index (χ0v) is 13.6. The van der Waals surface area contributed by atoms with Crippen LogP contribution in [0.25, 0.3) is 10.9 Å². The summed E-state index contributed by atoms with van der Waals surface area (Å²) < 4.78 is 7.42. The summed E-state index contributed by atoms with van der Waals surface area (Å²) in [6.45, 7) is 0.867. The Morgan fingerprint density at radius 1 is 1.12 bits per heavy atom. The number of aromatic nitrogens is 1. The van der Waals surface area contributed by atoms with Gasteiger partial charge in [-0.25, -0.2) is 0 Å². The van der Waals surface area contributed by atoms with Crippen LogP contribution in [0.3, 0.4) is 0 Å². The van der Waals surface area contributed by atoms with Crippen molar-refractivity contribution in [2.24, 2.45) is 16.0 Å². The van der Waals surface area contributed by atoms with Gasteiger partial charge in [0.05, 0.1) is 12.1 Å². The fourth-order valence-corrected chi connectivity index (χ4v) is 2.51. The van der Waals surface area contributed by atoms with Crippen molar-refractivity contribution in [2.75, 3.05) is 6.61 Å². The van der Waals surface area contributed by atoms with Gasteiger partial charge in [-0.05, 0) is 30.4 Å². The summed E-state index contributed by atoms with van der Waals surface area (Å²) >= 11 is 4.70. The molecule has 0 aliphatic rings. The fraction of sp³-hybridized carbons (Fsp3) is 0.118. The van der Waals surface area contributed by atoms with E-state index in [0.29, 0.717) is 18.8 Å². The van der Waals surface area contributed by atoms with Crippen LogP contribution in [0, 0.1) is 0 Å². The van der Waals surface area contributed by atoms with Gasteiger partial charge in [-0.3, -0.25) is 0 Å². The molecule has 0 spiro atoms. The molecule has 0 radical (unpaired) electrons. The molecule has 3 N–H and O–H groups in total. The maximum atomic E-state index is 10.5. The van der Waals surface area contributed by atoms with Gasteiger partial charge in [-0.1, -0.05) is 36.4 Å². The number of fused-ring (bicyclic) bond motifs is 1. The van der Waals surface area contributed by atoms with E-state index in [9.17, 15) is 5.11 Å². The first-order valence-corrected chi connectivity index (χ1v) is 7.77. The summed E-state index contributed by atoms with van der Waals surface area (Å²) in [6.07, 6.45) is 0. The third-order valence-electron chi connectivity index (χ3n) is 3.49. The zero-order valence-electron chi connectivity index (χ0n) is 12.8. The summed E-state index contributed by atoms with van der Waals surface area (Å²) in [4.78, 5) is 0. The van der Waals surface area contributed by atoms with E-state index in [1.165, 1.54) is 0 Å². The number of nitrogens with zero attached hydrogens (tertiary/aromatic N) is 3. The number of benzene rings is 2. The molecule has 2 aromatic carbocycles. The Morgan fingerprint density at radius 3 is 2.58 bits per heavy atom. The summed E-state index contributed by atoms with van der Waals surface area (Å²) in [5.74, 6) is 0.787. The summed E-state index contributed by atoms with van der Waals surface area (Å²) in [6, 6.07) is 17.0. The molecule has 0 saturated heterocycles. The van der Waals surface area contributed by atoms with E-state index in [4.69, 9.17) is 22.7 Å². The lowest BCUT2D eigenvalue weighted by atomic mass is 10.2. The number of nitrogens with two attached hydrogens (primary N) is 1. The average molecular weight is 340 g/mol. The van der Waals surface area contributed by atoms with Gasteiger partial charge in [0.2, 0.25) is 11.0 Å². The topological polar surface area (TPSA) is 85.1 Å². The van der Waals surface area contributed by atoms with E-state index >= 15 is 0 Å².